The van der Waals surface area contributed by atoms with Gasteiger partial charge in [-0.25, -0.2) is 0 Å². The van der Waals surface area contributed by atoms with Gasteiger partial charge >= 0.3 is 20.2 Å². The van der Waals surface area contributed by atoms with Crippen molar-refractivity contribution in [3.63, 3.8) is 0 Å². The van der Waals surface area contributed by atoms with Crippen LogP contribution in [-0.4, -0.2) is 81.5 Å². The number of nitrogens with zero attached hydrogens (tertiary/aromatic N) is 2. The Morgan fingerprint density at radius 3 is 2.39 bits per heavy atom. The number of rotatable bonds is 6. The molecular formula is C32H31B2N3O9. The van der Waals surface area contributed by atoms with Crippen molar-refractivity contribution in [1.82, 2.24) is 9.80 Å². The Kier molecular flexibility index (Phi) is 7.68. The minimum absolute atomic E-state index is 0.0287. The normalized spacial score (nSPS) is 20.0. The Morgan fingerprint density at radius 1 is 0.891 bits per heavy atom. The maximum absolute atomic E-state index is 14.6. The SMILES string of the molecule is NC(=O)c1cc2c(c(-c3cc4c(cc3C(=O)N3CCC[C@H]3C(=O)N3Cc5ccccc5CC3CC(=O)O)B(O)OC4)c1)COB2O. The maximum atomic E-state index is 14.6. The monoisotopic (exact) mass is 623 g/mol. The van der Waals surface area contributed by atoms with E-state index in [2.05, 4.69) is 0 Å². The number of aliphatic carboxylic acids is 1. The van der Waals surface area contributed by atoms with Crippen molar-refractivity contribution in [3.05, 3.63) is 81.9 Å². The number of fused-ring (bicyclic) bond motifs is 3. The minimum Gasteiger partial charge on any atom is -0.481 e. The number of hydrogen-bond donors (Lipinski definition) is 4. The van der Waals surface area contributed by atoms with E-state index in [4.69, 9.17) is 15.0 Å². The van der Waals surface area contributed by atoms with Gasteiger partial charge in [-0.1, -0.05) is 24.3 Å². The lowest BCUT2D eigenvalue weighted by Gasteiger charge is -2.39. The van der Waals surface area contributed by atoms with Crippen LogP contribution in [0.5, 0.6) is 0 Å². The molecule has 7 rings (SSSR count). The number of nitrogens with two attached hydrogens (primary N) is 1. The quantitative estimate of drug-likeness (QED) is 0.273. The van der Waals surface area contributed by atoms with Gasteiger partial charge in [0.2, 0.25) is 11.8 Å². The summed E-state index contributed by atoms with van der Waals surface area (Å²) in [5, 5.41) is 30.7. The zero-order valence-corrected chi connectivity index (χ0v) is 24.8. The molecule has 0 aromatic heterocycles. The molecule has 0 saturated carbocycles. The lowest BCUT2D eigenvalue weighted by molar-refractivity contribution is -0.143. The highest BCUT2D eigenvalue weighted by Gasteiger charge is 2.42. The number of carboxylic acid groups (broad SMARTS) is 1. The van der Waals surface area contributed by atoms with Crippen molar-refractivity contribution in [3.8, 4) is 11.1 Å². The summed E-state index contributed by atoms with van der Waals surface area (Å²) >= 11 is 0. The van der Waals surface area contributed by atoms with Crippen molar-refractivity contribution in [2.24, 2.45) is 5.73 Å². The fourth-order valence-electron chi connectivity index (χ4n) is 7.23. The summed E-state index contributed by atoms with van der Waals surface area (Å²) in [6, 6.07) is 12.6. The number of likely N-dealkylation sites (tertiary alicyclic amines) is 1. The second kappa shape index (κ2) is 11.7. The summed E-state index contributed by atoms with van der Waals surface area (Å²) in [4.78, 5) is 56.0. The van der Waals surface area contributed by atoms with Gasteiger partial charge in [0.15, 0.2) is 0 Å². The lowest BCUT2D eigenvalue weighted by Crippen LogP contribution is -2.53. The Balaban J connectivity index is 1.29. The molecule has 0 bridgehead atoms. The van der Waals surface area contributed by atoms with Gasteiger partial charge in [-0.05, 0) is 87.8 Å². The van der Waals surface area contributed by atoms with Crippen LogP contribution in [0.4, 0.5) is 0 Å². The third kappa shape index (κ3) is 5.16. The average Bonchev–Trinajstić information content (AvgIpc) is 3.77. The van der Waals surface area contributed by atoms with Crippen molar-refractivity contribution in [2.75, 3.05) is 6.54 Å². The van der Waals surface area contributed by atoms with E-state index < -0.39 is 44.1 Å². The summed E-state index contributed by atoms with van der Waals surface area (Å²) in [6.07, 6.45) is 1.15. The van der Waals surface area contributed by atoms with E-state index in [-0.39, 0.29) is 43.2 Å². The maximum Gasteiger partial charge on any atom is 0.491 e. The van der Waals surface area contributed by atoms with Crippen LogP contribution < -0.4 is 16.7 Å². The number of carboxylic acids is 1. The van der Waals surface area contributed by atoms with Crippen LogP contribution >= 0.6 is 0 Å². The molecule has 1 fully saturated rings. The van der Waals surface area contributed by atoms with Gasteiger partial charge in [0.25, 0.3) is 5.91 Å². The fraction of sp³-hybridized carbons (Fsp3) is 0.312. The molecule has 5 N–H and O–H groups in total. The molecule has 0 spiro atoms. The number of benzene rings is 3. The average molecular weight is 623 g/mol. The molecule has 46 heavy (non-hydrogen) atoms. The minimum atomic E-state index is -1.28. The van der Waals surface area contributed by atoms with Gasteiger partial charge in [-0.2, -0.15) is 0 Å². The summed E-state index contributed by atoms with van der Waals surface area (Å²) in [6.45, 7) is 0.662. The Hall–Kier alpha value is -4.49. The highest BCUT2D eigenvalue weighted by molar-refractivity contribution is 6.62. The molecule has 12 nitrogen and oxygen atoms in total. The zero-order chi connectivity index (χ0) is 32.3. The van der Waals surface area contributed by atoms with Gasteiger partial charge in [0, 0.05) is 30.3 Å². The standard InChI is InChI=1S/C32H31B2N3O9/c35-30(40)19-9-23(25-16-46-34(44)27(25)11-19)22-10-20-15-45-33(43)26(20)13-24(22)31(41)36-7-3-6-28(36)32(42)37-14-18-5-2-1-4-17(18)8-21(37)12-29(38)39/h1-2,4-5,9-11,13,21,28,43-44H,3,6-8,12,14-16H2,(H2,35,40)(H,38,39)/t21?,28-/m0/s1. The van der Waals surface area contributed by atoms with Gasteiger partial charge in [-0.3, -0.25) is 19.2 Å². The smallest absolute Gasteiger partial charge is 0.481 e. The first-order chi connectivity index (χ1) is 22.1. The van der Waals surface area contributed by atoms with Crippen LogP contribution in [0.2, 0.25) is 0 Å². The van der Waals surface area contributed by atoms with Crippen molar-refractivity contribution in [1.29, 1.82) is 0 Å². The predicted molar refractivity (Wildman–Crippen MR) is 166 cm³/mol. The number of carbonyl (C=O) groups excluding carboxylic acids is 3. The third-order valence-corrected chi connectivity index (χ3v) is 9.53. The fourth-order valence-corrected chi connectivity index (χ4v) is 7.23. The summed E-state index contributed by atoms with van der Waals surface area (Å²) in [5.41, 5.74) is 10.8. The van der Waals surface area contributed by atoms with Gasteiger partial charge in [0.1, 0.15) is 6.04 Å². The molecule has 1 unspecified atom stereocenters. The molecule has 3 amide bonds. The first-order valence-corrected chi connectivity index (χ1v) is 15.2. The van der Waals surface area contributed by atoms with E-state index in [9.17, 15) is 34.3 Å². The Labute approximate surface area is 265 Å². The molecule has 4 aliphatic rings. The Morgan fingerprint density at radius 2 is 1.63 bits per heavy atom. The van der Waals surface area contributed by atoms with Crippen molar-refractivity contribution in [2.45, 2.75) is 57.5 Å². The molecule has 4 aliphatic heterocycles. The van der Waals surface area contributed by atoms with Gasteiger partial charge < -0.3 is 40.0 Å². The molecule has 234 valence electrons. The zero-order valence-electron chi connectivity index (χ0n) is 24.8. The molecule has 3 aromatic rings. The van der Waals surface area contributed by atoms with Crippen LogP contribution in [0.25, 0.3) is 11.1 Å². The number of carbonyl (C=O) groups is 4. The van der Waals surface area contributed by atoms with Crippen LogP contribution in [0, 0.1) is 0 Å². The second-order valence-electron chi connectivity index (χ2n) is 12.2. The topological polar surface area (TPSA) is 180 Å². The summed E-state index contributed by atoms with van der Waals surface area (Å²) < 4.78 is 10.9. The largest absolute Gasteiger partial charge is 0.491 e. The first kappa shape index (κ1) is 30.2. The Bertz CT molecular complexity index is 1800. The number of primary amides is 1. The van der Waals surface area contributed by atoms with Gasteiger partial charge in [0.05, 0.1) is 19.6 Å². The third-order valence-electron chi connectivity index (χ3n) is 9.53. The highest BCUT2D eigenvalue weighted by Crippen LogP contribution is 2.35. The second-order valence-corrected chi connectivity index (χ2v) is 12.2. The molecule has 0 aliphatic carbocycles. The van der Waals surface area contributed by atoms with Crippen LogP contribution in [-0.2, 0) is 45.1 Å². The highest BCUT2D eigenvalue weighted by atomic mass is 16.5. The van der Waals surface area contributed by atoms with E-state index in [1.54, 1.807) is 23.1 Å². The van der Waals surface area contributed by atoms with E-state index in [0.717, 1.165) is 11.1 Å². The lowest BCUT2D eigenvalue weighted by atomic mass is 9.74. The van der Waals surface area contributed by atoms with E-state index >= 15 is 0 Å². The number of amides is 3. The predicted octanol–water partition coefficient (Wildman–Crippen LogP) is -0.0793. The van der Waals surface area contributed by atoms with Crippen LogP contribution in [0.1, 0.15) is 62.2 Å². The molecule has 14 heteroatoms. The molecule has 0 radical (unpaired) electrons. The molecule has 1 saturated heterocycles. The summed E-state index contributed by atoms with van der Waals surface area (Å²) in [7, 11) is -2.52. The molecule has 2 atom stereocenters. The van der Waals surface area contributed by atoms with Crippen molar-refractivity contribution < 1.29 is 43.6 Å². The van der Waals surface area contributed by atoms with Gasteiger partial charge in [-0.15, -0.1) is 0 Å². The van der Waals surface area contributed by atoms with E-state index in [0.29, 0.717) is 59.0 Å². The first-order valence-electron chi connectivity index (χ1n) is 15.2. The van der Waals surface area contributed by atoms with E-state index in [1.165, 1.54) is 11.0 Å². The van der Waals surface area contributed by atoms with E-state index in [1.807, 2.05) is 24.3 Å². The molecular weight excluding hydrogens is 592 g/mol. The van der Waals surface area contributed by atoms with Crippen molar-refractivity contribution >= 4 is 48.9 Å². The summed E-state index contributed by atoms with van der Waals surface area (Å²) in [5.74, 6) is -2.51. The van der Waals surface area contributed by atoms with Crippen LogP contribution in [0.3, 0.4) is 0 Å². The molecule has 4 heterocycles. The number of hydrogen-bond acceptors (Lipinski definition) is 8. The molecule has 3 aromatic carbocycles. The van der Waals surface area contributed by atoms with Crippen LogP contribution in [0.15, 0.2) is 48.5 Å².